The maximum atomic E-state index is 11.1. The number of hydrogen-bond donors (Lipinski definition) is 1. The second-order valence-electron chi connectivity index (χ2n) is 10.6. The quantitative estimate of drug-likeness (QED) is 0.247. The molecule has 0 radical (unpaired) electrons. The second-order valence-corrected chi connectivity index (χ2v) is 11.0. The van der Waals surface area contributed by atoms with Gasteiger partial charge in [-0.25, -0.2) is 0 Å². The minimum Gasteiger partial charge on any atom is -0.468 e. The van der Waals surface area contributed by atoms with E-state index in [0.29, 0.717) is 41.8 Å². The molecule has 3 unspecified atom stereocenters. The van der Waals surface area contributed by atoms with Crippen molar-refractivity contribution in [2.45, 2.75) is 25.9 Å². The number of rotatable bonds is 10. The monoisotopic (exact) mass is 608 g/mol. The van der Waals surface area contributed by atoms with Crippen molar-refractivity contribution in [3.8, 4) is 24.3 Å². The van der Waals surface area contributed by atoms with Gasteiger partial charge in [-0.2, -0.15) is 21.0 Å². The molecule has 3 aromatic rings. The lowest BCUT2D eigenvalue weighted by atomic mass is 9.52. The Morgan fingerprint density at radius 3 is 2.32 bits per heavy atom. The van der Waals surface area contributed by atoms with Gasteiger partial charge in [0.05, 0.1) is 50.1 Å². The Balaban J connectivity index is 1.71. The van der Waals surface area contributed by atoms with Crippen molar-refractivity contribution < 1.29 is 13.6 Å². The molecule has 11 nitrogen and oxygen atoms in total. The Morgan fingerprint density at radius 1 is 1.02 bits per heavy atom. The number of ether oxygens (including phenoxy) is 1. The molecule has 1 aromatic carbocycles. The average Bonchev–Trinajstić information content (AvgIpc) is 3.75. The molecule has 222 valence electrons. The van der Waals surface area contributed by atoms with Crippen LogP contribution in [-0.4, -0.2) is 48.7 Å². The maximum absolute atomic E-state index is 11.1. The van der Waals surface area contributed by atoms with E-state index in [-0.39, 0.29) is 43.6 Å². The molecule has 2 saturated heterocycles. The molecule has 44 heavy (non-hydrogen) atoms. The highest BCUT2D eigenvalue weighted by Gasteiger charge is 2.66. The van der Waals surface area contributed by atoms with E-state index in [9.17, 15) is 21.0 Å². The lowest BCUT2D eigenvalue weighted by molar-refractivity contribution is 0.0276. The van der Waals surface area contributed by atoms with Gasteiger partial charge >= 0.3 is 0 Å². The molecule has 12 heteroatoms. The topological polar surface area (TPSA) is 162 Å². The van der Waals surface area contributed by atoms with Crippen LogP contribution in [0.15, 0.2) is 86.2 Å². The molecule has 0 aliphatic carbocycles. The van der Waals surface area contributed by atoms with Gasteiger partial charge in [0.25, 0.3) is 0 Å². The highest BCUT2D eigenvalue weighted by molar-refractivity contribution is 6.31. The molecule has 2 aliphatic rings. The van der Waals surface area contributed by atoms with Crippen LogP contribution in [0.3, 0.4) is 0 Å². The third-order valence-corrected chi connectivity index (χ3v) is 8.30. The van der Waals surface area contributed by atoms with Gasteiger partial charge in [0.2, 0.25) is 0 Å². The van der Waals surface area contributed by atoms with Crippen LogP contribution in [0.1, 0.15) is 29.9 Å². The fourth-order valence-electron chi connectivity index (χ4n) is 6.18. The van der Waals surface area contributed by atoms with E-state index in [0.717, 1.165) is 0 Å². The van der Waals surface area contributed by atoms with Gasteiger partial charge in [-0.1, -0.05) is 29.8 Å². The number of nitrogens with one attached hydrogen (secondary N) is 1. The Hall–Kier alpha value is -4.88. The molecule has 2 fully saturated rings. The number of piperidine rings is 2. The Morgan fingerprint density at radius 2 is 1.70 bits per heavy atom. The second kappa shape index (κ2) is 13.2. The zero-order valence-electron chi connectivity index (χ0n) is 24.0. The summed E-state index contributed by atoms with van der Waals surface area (Å²) in [5.74, 6) is 0.690. The van der Waals surface area contributed by atoms with Gasteiger partial charge in [-0.3, -0.25) is 14.8 Å². The van der Waals surface area contributed by atoms with Crippen LogP contribution in [0.5, 0.6) is 0 Å². The fraction of sp³-hybridized carbons (Fsp3) is 0.344. The fourth-order valence-corrected chi connectivity index (χ4v) is 6.42. The van der Waals surface area contributed by atoms with E-state index in [1.165, 1.54) is 0 Å². The van der Waals surface area contributed by atoms with Crippen molar-refractivity contribution in [1.82, 2.24) is 15.1 Å². The number of allylic oxidation sites excluding steroid dienone is 1. The summed E-state index contributed by atoms with van der Waals surface area (Å²) < 4.78 is 16.8. The first-order valence-corrected chi connectivity index (χ1v) is 14.3. The smallest absolute Gasteiger partial charge is 0.150 e. The normalized spacial score (nSPS) is 23.8. The third kappa shape index (κ3) is 5.58. The largest absolute Gasteiger partial charge is 0.468 e. The number of aliphatic imine (C=N–C) groups is 1. The number of benzene rings is 1. The number of fused-ring (bicyclic) bond motifs is 2. The zero-order chi connectivity index (χ0) is 31.2. The van der Waals surface area contributed by atoms with Crippen molar-refractivity contribution in [3.05, 3.63) is 94.4 Å². The Kier molecular flexibility index (Phi) is 9.16. The molecule has 2 aliphatic heterocycles. The van der Waals surface area contributed by atoms with Gasteiger partial charge in [0, 0.05) is 30.6 Å². The van der Waals surface area contributed by atoms with Crippen molar-refractivity contribution >= 4 is 17.4 Å². The van der Waals surface area contributed by atoms with E-state index in [1.807, 2.05) is 41.0 Å². The van der Waals surface area contributed by atoms with E-state index >= 15 is 0 Å². The number of likely N-dealkylation sites (tertiary alicyclic amines) is 1. The van der Waals surface area contributed by atoms with E-state index in [1.54, 1.807) is 48.9 Å². The van der Waals surface area contributed by atoms with Crippen molar-refractivity contribution in [1.29, 1.82) is 21.0 Å². The number of nitriles is 4. The van der Waals surface area contributed by atoms with E-state index in [4.69, 9.17) is 30.2 Å². The number of hydrogen-bond acceptors (Lipinski definition) is 10. The number of amidine groups is 1. The summed E-state index contributed by atoms with van der Waals surface area (Å²) in [6.07, 6.45) is 3.14. The predicted molar refractivity (Wildman–Crippen MR) is 159 cm³/mol. The van der Waals surface area contributed by atoms with Gasteiger partial charge in [0.15, 0.2) is 5.57 Å². The van der Waals surface area contributed by atoms with E-state index < -0.39 is 16.7 Å². The molecule has 2 bridgehead atoms. The van der Waals surface area contributed by atoms with Crippen LogP contribution >= 0.6 is 11.6 Å². The zero-order valence-corrected chi connectivity index (χ0v) is 24.8. The molecular weight excluding hydrogens is 580 g/mol. The summed E-state index contributed by atoms with van der Waals surface area (Å²) in [4.78, 5) is 8.74. The van der Waals surface area contributed by atoms with Gasteiger partial charge < -0.3 is 18.9 Å². The molecular formula is C32H29ClN8O3. The number of furan rings is 2. The number of halogens is 1. The van der Waals surface area contributed by atoms with Crippen molar-refractivity contribution in [3.63, 3.8) is 0 Å². The van der Waals surface area contributed by atoms with Crippen molar-refractivity contribution in [2.24, 2.45) is 15.8 Å². The molecule has 1 N–H and O–H groups in total. The molecule has 0 spiro atoms. The lowest BCUT2D eigenvalue weighted by Gasteiger charge is -2.57. The van der Waals surface area contributed by atoms with Crippen LogP contribution < -0.4 is 5.32 Å². The Labute approximate surface area is 260 Å². The Bertz CT molecular complexity index is 1690. The standard InChI is InChI=1S/C32H29ClN8O3/c1-2-42-22-41(16-25-8-6-12-44-25)21-38-30-32(18-37)20-40(15-24-7-5-11-43-24)19-31(17-36,29(39-30)23(13-34)14-35)28(32)26-9-3-4-10-27(26)33/h3-12,28H,2,15-16,19-22H2,1H3,(H,38,39). The van der Waals surface area contributed by atoms with Crippen LogP contribution in [0, 0.1) is 56.2 Å². The summed E-state index contributed by atoms with van der Waals surface area (Å²) in [7, 11) is 0. The van der Waals surface area contributed by atoms with Crippen LogP contribution in [-0.2, 0) is 17.8 Å². The summed E-state index contributed by atoms with van der Waals surface area (Å²) in [6, 6.07) is 23.1. The van der Waals surface area contributed by atoms with Gasteiger partial charge in [-0.05, 0) is 42.8 Å². The summed E-state index contributed by atoms with van der Waals surface area (Å²) in [6.45, 7) is 3.63. The molecule has 0 saturated carbocycles. The van der Waals surface area contributed by atoms with Crippen LogP contribution in [0.4, 0.5) is 0 Å². The summed E-state index contributed by atoms with van der Waals surface area (Å²) in [5.41, 5.74) is -2.61. The predicted octanol–water partition coefficient (Wildman–Crippen LogP) is 4.90. The highest BCUT2D eigenvalue weighted by Crippen LogP contribution is 2.59. The number of nitrogens with zero attached hydrogens (tertiary/aromatic N) is 7. The third-order valence-electron chi connectivity index (χ3n) is 7.96. The molecule has 3 atom stereocenters. The van der Waals surface area contributed by atoms with E-state index in [2.05, 4.69) is 17.5 Å². The summed E-state index contributed by atoms with van der Waals surface area (Å²) in [5, 5.41) is 45.8. The highest BCUT2D eigenvalue weighted by atomic mass is 35.5. The first-order chi connectivity index (χ1) is 21.4. The maximum Gasteiger partial charge on any atom is 0.150 e. The van der Waals surface area contributed by atoms with Crippen molar-refractivity contribution in [2.75, 3.05) is 33.1 Å². The first kappa shape index (κ1) is 30.6. The molecule has 4 heterocycles. The average molecular weight is 609 g/mol. The minimum absolute atomic E-state index is 0.0845. The molecule has 5 rings (SSSR count). The molecule has 2 aromatic heterocycles. The van der Waals surface area contributed by atoms with Gasteiger partial charge in [0.1, 0.15) is 47.1 Å². The minimum atomic E-state index is -1.54. The molecule has 0 amide bonds. The van der Waals surface area contributed by atoms with Crippen LogP contribution in [0.25, 0.3) is 0 Å². The van der Waals surface area contributed by atoms with Gasteiger partial charge in [-0.15, -0.1) is 0 Å². The first-order valence-electron chi connectivity index (χ1n) is 14.0. The lowest BCUT2D eigenvalue weighted by Crippen LogP contribution is -2.68. The van der Waals surface area contributed by atoms with Crippen LogP contribution in [0.2, 0.25) is 5.02 Å². The summed E-state index contributed by atoms with van der Waals surface area (Å²) >= 11 is 6.78. The SMILES string of the molecule is CCOCN(C/N=C1/NC(=C(C#N)C#N)C2(C#N)CN(Cc3ccco3)CC1(C#N)C2c1ccccc1Cl)Cc1ccco1.